The Bertz CT molecular complexity index is 830. The second-order valence-electron chi connectivity index (χ2n) is 8.46. The lowest BCUT2D eigenvalue weighted by atomic mass is 9.77. The van der Waals surface area contributed by atoms with Crippen LogP contribution in [0.1, 0.15) is 49.4 Å². The van der Waals surface area contributed by atoms with Gasteiger partial charge in [-0.15, -0.1) is 0 Å². The van der Waals surface area contributed by atoms with Crippen molar-refractivity contribution in [1.29, 1.82) is 0 Å². The van der Waals surface area contributed by atoms with Gasteiger partial charge in [0.2, 0.25) is 10.0 Å². The number of nitrogens with zero attached hydrogens (tertiary/aromatic N) is 2. The third-order valence-corrected chi connectivity index (χ3v) is 8.62. The van der Waals surface area contributed by atoms with Crippen molar-refractivity contribution in [1.82, 2.24) is 14.5 Å². The fourth-order valence-corrected chi connectivity index (χ4v) is 6.33. The third kappa shape index (κ3) is 5.45. The van der Waals surface area contributed by atoms with Crippen molar-refractivity contribution in [3.63, 3.8) is 0 Å². The van der Waals surface area contributed by atoms with E-state index < -0.39 is 27.8 Å². The van der Waals surface area contributed by atoms with Crippen molar-refractivity contribution in [3.8, 4) is 0 Å². The van der Waals surface area contributed by atoms with Crippen molar-refractivity contribution >= 4 is 15.9 Å². The Kier molecular flexibility index (Phi) is 8.07. The highest BCUT2D eigenvalue weighted by atomic mass is 32.2. The smallest absolute Gasteiger partial charge is 0.253 e. The third-order valence-electron chi connectivity index (χ3n) is 6.54. The van der Waals surface area contributed by atoms with E-state index in [2.05, 4.69) is 5.32 Å². The van der Waals surface area contributed by atoms with Crippen LogP contribution in [0, 0.1) is 0 Å². The van der Waals surface area contributed by atoms with Crippen LogP contribution in [-0.2, 0) is 14.8 Å². The summed E-state index contributed by atoms with van der Waals surface area (Å²) in [6.45, 7) is 3.38. The molecule has 9 heteroatoms. The zero-order valence-corrected chi connectivity index (χ0v) is 19.2. The monoisotopic (exact) mass is 455 g/mol. The van der Waals surface area contributed by atoms with E-state index in [9.17, 15) is 13.2 Å². The van der Waals surface area contributed by atoms with Gasteiger partial charge in [-0.3, -0.25) is 9.69 Å². The molecule has 0 spiro atoms. The molecule has 1 aromatic carbocycles. The summed E-state index contributed by atoms with van der Waals surface area (Å²) in [5.74, 6) is -0.320. The number of hydrogen-bond donors (Lipinski definition) is 1. The Hall–Kier alpha value is -1.55. The molecular formula is C22H34FN3O4S. The molecule has 31 heavy (non-hydrogen) atoms. The van der Waals surface area contributed by atoms with Gasteiger partial charge in [0.25, 0.3) is 5.91 Å². The maximum Gasteiger partial charge on any atom is 0.253 e. The Morgan fingerprint density at radius 2 is 1.94 bits per heavy atom. The van der Waals surface area contributed by atoms with E-state index >= 15 is 4.39 Å². The quantitative estimate of drug-likeness (QED) is 0.609. The molecular weight excluding hydrogens is 421 g/mol. The van der Waals surface area contributed by atoms with Gasteiger partial charge in [0, 0.05) is 38.9 Å². The number of benzene rings is 1. The van der Waals surface area contributed by atoms with Crippen LogP contribution in [0.3, 0.4) is 0 Å². The largest absolute Gasteiger partial charge is 0.381 e. The van der Waals surface area contributed by atoms with Crippen LogP contribution in [0.4, 0.5) is 4.39 Å². The summed E-state index contributed by atoms with van der Waals surface area (Å²) in [7, 11) is -1.65. The molecule has 1 aromatic rings. The molecule has 2 aliphatic rings. The van der Waals surface area contributed by atoms with Crippen LogP contribution < -0.4 is 5.32 Å². The van der Waals surface area contributed by atoms with E-state index in [-0.39, 0.29) is 11.9 Å². The Morgan fingerprint density at radius 3 is 2.55 bits per heavy atom. The minimum absolute atomic E-state index is 0.0949. The molecule has 0 bridgehead atoms. The molecule has 1 saturated heterocycles. The number of ether oxygens (including phenoxy) is 1. The first kappa shape index (κ1) is 24.1. The highest BCUT2D eigenvalue weighted by molar-refractivity contribution is 7.89. The summed E-state index contributed by atoms with van der Waals surface area (Å²) in [5.41, 5.74) is -0.501. The molecule has 0 radical (unpaired) electrons. The first-order valence-electron chi connectivity index (χ1n) is 11.1. The zero-order chi connectivity index (χ0) is 22.5. The summed E-state index contributed by atoms with van der Waals surface area (Å²) < 4.78 is 47.8. The fourth-order valence-electron chi connectivity index (χ4n) is 4.83. The van der Waals surface area contributed by atoms with Gasteiger partial charge >= 0.3 is 0 Å². The van der Waals surface area contributed by atoms with Crippen LogP contribution in [0.5, 0.6) is 0 Å². The van der Waals surface area contributed by atoms with Crippen molar-refractivity contribution in [2.45, 2.75) is 57.0 Å². The molecule has 1 aliphatic heterocycles. The van der Waals surface area contributed by atoms with E-state index in [1.165, 1.54) is 4.31 Å². The van der Waals surface area contributed by atoms with E-state index in [1.807, 2.05) is 17.9 Å². The lowest BCUT2D eigenvalue weighted by molar-refractivity contribution is -0.0814. The molecule has 3 rings (SSSR count). The van der Waals surface area contributed by atoms with Crippen molar-refractivity contribution in [2.75, 3.05) is 39.0 Å². The average Bonchev–Trinajstić information content (AvgIpc) is 2.79. The maximum absolute atomic E-state index is 15.9. The maximum atomic E-state index is 15.9. The first-order chi connectivity index (χ1) is 14.8. The number of nitrogens with one attached hydrogen (secondary N) is 1. The van der Waals surface area contributed by atoms with Crippen LogP contribution in [0.25, 0.3) is 0 Å². The molecule has 174 valence electrons. The van der Waals surface area contributed by atoms with E-state index in [0.717, 1.165) is 12.8 Å². The van der Waals surface area contributed by atoms with Crippen LogP contribution in [0.15, 0.2) is 30.3 Å². The predicted molar refractivity (Wildman–Crippen MR) is 118 cm³/mol. The first-order valence-corrected chi connectivity index (χ1v) is 12.7. The van der Waals surface area contributed by atoms with Crippen LogP contribution >= 0.6 is 0 Å². The molecule has 0 aromatic heterocycles. The highest BCUT2D eigenvalue weighted by Gasteiger charge is 2.49. The van der Waals surface area contributed by atoms with Crippen molar-refractivity contribution in [2.24, 2.45) is 0 Å². The number of rotatable bonds is 8. The standard InChI is InChI=1S/C22H34FN3O4S/c1-3-16-31(28,29)26-14-12-25(13-15-26)22(11-7-10-19(17-22)30-2)21(23)24-20(27)18-8-5-4-6-9-18/h4-6,8-9,19,21H,3,7,10-17H2,1-2H3,(H,24,27). The minimum Gasteiger partial charge on any atom is -0.381 e. The van der Waals surface area contributed by atoms with Crippen LogP contribution in [0.2, 0.25) is 0 Å². The lowest BCUT2D eigenvalue weighted by Gasteiger charge is -2.52. The number of piperazine rings is 1. The molecule has 1 heterocycles. The number of amides is 1. The number of carbonyl (C=O) groups excluding carboxylic acids is 1. The zero-order valence-electron chi connectivity index (χ0n) is 18.4. The second-order valence-corrected chi connectivity index (χ2v) is 10.6. The molecule has 1 aliphatic carbocycles. The van der Waals surface area contributed by atoms with Gasteiger partial charge in [0.05, 0.1) is 17.4 Å². The van der Waals surface area contributed by atoms with Crippen LogP contribution in [-0.4, -0.2) is 80.5 Å². The minimum atomic E-state index is -3.28. The summed E-state index contributed by atoms with van der Waals surface area (Å²) >= 11 is 0. The molecule has 3 unspecified atom stereocenters. The Morgan fingerprint density at radius 1 is 1.26 bits per heavy atom. The van der Waals surface area contributed by atoms with Gasteiger partial charge in [-0.1, -0.05) is 25.1 Å². The number of sulfonamides is 1. The van der Waals surface area contributed by atoms with Gasteiger partial charge in [-0.2, -0.15) is 4.31 Å². The molecule has 1 amide bonds. The van der Waals surface area contributed by atoms with E-state index in [4.69, 9.17) is 4.74 Å². The molecule has 1 N–H and O–H groups in total. The Labute approximate surface area is 185 Å². The normalized spacial score (nSPS) is 27.0. The summed E-state index contributed by atoms with van der Waals surface area (Å²) in [6, 6.07) is 8.61. The summed E-state index contributed by atoms with van der Waals surface area (Å²) in [6.07, 6.45) is 1.57. The molecule has 1 saturated carbocycles. The molecule has 7 nitrogen and oxygen atoms in total. The SMILES string of the molecule is CCCS(=O)(=O)N1CCN(C2(C(F)NC(=O)c3ccccc3)CCCC(OC)C2)CC1. The van der Waals surface area contributed by atoms with Gasteiger partial charge in [-0.05, 0) is 44.2 Å². The van der Waals surface area contributed by atoms with Crippen molar-refractivity contribution < 1.29 is 22.3 Å². The number of halogens is 1. The predicted octanol–water partition coefficient (Wildman–Crippen LogP) is 2.40. The van der Waals surface area contributed by atoms with Gasteiger partial charge in [-0.25, -0.2) is 12.8 Å². The second kappa shape index (κ2) is 10.4. The molecule has 2 fully saturated rings. The van der Waals surface area contributed by atoms with Crippen molar-refractivity contribution in [3.05, 3.63) is 35.9 Å². The van der Waals surface area contributed by atoms with Gasteiger partial charge in [0.1, 0.15) is 0 Å². The highest BCUT2D eigenvalue weighted by Crippen LogP contribution is 2.39. The topological polar surface area (TPSA) is 79.0 Å². The van der Waals surface area contributed by atoms with Gasteiger partial charge < -0.3 is 10.1 Å². The lowest BCUT2D eigenvalue weighted by Crippen LogP contribution is -2.67. The summed E-state index contributed by atoms with van der Waals surface area (Å²) in [5, 5.41) is 2.58. The van der Waals surface area contributed by atoms with Gasteiger partial charge in [0.15, 0.2) is 6.30 Å². The number of alkyl halides is 1. The average molecular weight is 456 g/mol. The fraction of sp³-hybridized carbons (Fsp3) is 0.682. The number of hydrogen-bond acceptors (Lipinski definition) is 5. The number of methoxy groups -OCH3 is 1. The number of carbonyl (C=O) groups is 1. The molecule has 3 atom stereocenters. The summed E-state index contributed by atoms with van der Waals surface area (Å²) in [4.78, 5) is 14.7. The van der Waals surface area contributed by atoms with E-state index in [1.54, 1.807) is 31.4 Å². The van der Waals surface area contributed by atoms with E-state index in [0.29, 0.717) is 51.0 Å². The Balaban J connectivity index is 1.77.